The van der Waals surface area contributed by atoms with Crippen LogP contribution in [0.2, 0.25) is 0 Å². The van der Waals surface area contributed by atoms with Crippen LogP contribution < -0.4 is 5.32 Å². The van der Waals surface area contributed by atoms with Crippen LogP contribution in [0.25, 0.3) is 0 Å². The summed E-state index contributed by atoms with van der Waals surface area (Å²) in [6, 6.07) is 3.40. The fourth-order valence-electron chi connectivity index (χ4n) is 1.56. The third kappa shape index (κ3) is 3.88. The molecule has 0 saturated carbocycles. The number of nitrogens with zero attached hydrogens (tertiary/aromatic N) is 2. The number of rotatable bonds is 4. The maximum atomic E-state index is 12.0. The number of hydrogen-bond donors (Lipinski definition) is 2. The molecular weight excluding hydrogens is 274 g/mol. The summed E-state index contributed by atoms with van der Waals surface area (Å²) in [4.78, 5) is 20.2. The molecule has 0 aliphatic rings. The summed E-state index contributed by atoms with van der Waals surface area (Å²) in [5.74, 6) is 4.96. The molecule has 102 valence electrons. The predicted molar refractivity (Wildman–Crippen MR) is 76.4 cm³/mol. The average molecular weight is 287 g/mol. The molecule has 0 fully saturated rings. The Morgan fingerprint density at radius 2 is 2.30 bits per heavy atom. The molecule has 0 radical (unpaired) electrons. The number of carbonyl (C=O) groups is 1. The smallest absolute Gasteiger partial charge is 0.271 e. The first-order valence-corrected chi connectivity index (χ1v) is 6.90. The monoisotopic (exact) mass is 287 g/mol. The molecule has 0 atom stereocenters. The van der Waals surface area contributed by atoms with E-state index in [-0.39, 0.29) is 18.2 Å². The van der Waals surface area contributed by atoms with Crippen molar-refractivity contribution in [1.82, 2.24) is 15.3 Å². The fourth-order valence-corrected chi connectivity index (χ4v) is 2.19. The third-order valence-corrected chi connectivity index (χ3v) is 3.27. The van der Waals surface area contributed by atoms with Crippen molar-refractivity contribution in [3.63, 3.8) is 0 Å². The minimum Gasteiger partial charge on any atom is -0.384 e. The van der Waals surface area contributed by atoms with Gasteiger partial charge in [0.25, 0.3) is 5.91 Å². The van der Waals surface area contributed by atoms with Crippen LogP contribution in [0.15, 0.2) is 29.9 Å². The van der Waals surface area contributed by atoms with E-state index in [1.807, 2.05) is 5.38 Å². The Balaban J connectivity index is 1.98. The van der Waals surface area contributed by atoms with Gasteiger partial charge in [-0.25, -0.2) is 9.97 Å². The van der Waals surface area contributed by atoms with Gasteiger partial charge in [-0.1, -0.05) is 11.8 Å². The van der Waals surface area contributed by atoms with Gasteiger partial charge >= 0.3 is 0 Å². The van der Waals surface area contributed by atoms with Crippen LogP contribution in [0.4, 0.5) is 0 Å². The largest absolute Gasteiger partial charge is 0.384 e. The van der Waals surface area contributed by atoms with Gasteiger partial charge in [-0.05, 0) is 12.1 Å². The minimum atomic E-state index is -0.274. The number of thiazole rings is 1. The predicted octanol–water partition coefficient (Wildman–Crippen LogP) is 0.854. The van der Waals surface area contributed by atoms with E-state index in [1.54, 1.807) is 35.9 Å². The highest BCUT2D eigenvalue weighted by Crippen LogP contribution is 2.05. The van der Waals surface area contributed by atoms with Crippen molar-refractivity contribution in [2.24, 2.45) is 0 Å². The lowest BCUT2D eigenvalue weighted by Gasteiger charge is -2.05. The lowest BCUT2D eigenvalue weighted by Crippen LogP contribution is -2.27. The zero-order chi connectivity index (χ0) is 14.2. The van der Waals surface area contributed by atoms with E-state index in [9.17, 15) is 4.79 Å². The number of carbonyl (C=O) groups excluding carboxylic acids is 1. The standard InChI is InChI=1S/C14H13N3O2S/c18-9-2-4-11-3-1-6-16-13(11)14(19)17-7-5-12-15-8-10-20-12/h1,3,6,8,10,18H,5,7,9H2,(H,17,19). The Morgan fingerprint density at radius 1 is 1.40 bits per heavy atom. The molecule has 0 aromatic carbocycles. The molecule has 20 heavy (non-hydrogen) atoms. The van der Waals surface area contributed by atoms with Gasteiger partial charge in [0.1, 0.15) is 12.3 Å². The molecule has 6 heteroatoms. The van der Waals surface area contributed by atoms with Gasteiger partial charge in [-0.3, -0.25) is 4.79 Å². The highest BCUT2D eigenvalue weighted by Gasteiger charge is 2.10. The Hall–Kier alpha value is -2.23. The first-order valence-electron chi connectivity index (χ1n) is 6.02. The van der Waals surface area contributed by atoms with Crippen LogP contribution in [0.5, 0.6) is 0 Å². The summed E-state index contributed by atoms with van der Waals surface area (Å²) in [5, 5.41) is 14.4. The van der Waals surface area contributed by atoms with E-state index < -0.39 is 0 Å². The van der Waals surface area contributed by atoms with Crippen LogP contribution in [0.1, 0.15) is 21.1 Å². The Labute approximate surface area is 120 Å². The Bertz CT molecular complexity index is 629. The van der Waals surface area contributed by atoms with Gasteiger partial charge in [0.05, 0.1) is 10.6 Å². The molecule has 0 spiro atoms. The molecule has 5 nitrogen and oxygen atoms in total. The van der Waals surface area contributed by atoms with Gasteiger partial charge < -0.3 is 10.4 Å². The van der Waals surface area contributed by atoms with Crippen molar-refractivity contribution in [2.75, 3.05) is 13.2 Å². The van der Waals surface area contributed by atoms with Crippen LogP contribution in [0.3, 0.4) is 0 Å². The van der Waals surface area contributed by atoms with E-state index >= 15 is 0 Å². The third-order valence-electron chi connectivity index (χ3n) is 2.43. The maximum absolute atomic E-state index is 12.0. The lowest BCUT2D eigenvalue weighted by atomic mass is 10.2. The minimum absolute atomic E-state index is 0.250. The molecule has 2 N–H and O–H groups in total. The van der Waals surface area contributed by atoms with Crippen molar-refractivity contribution < 1.29 is 9.90 Å². The van der Waals surface area contributed by atoms with E-state index in [4.69, 9.17) is 5.11 Å². The zero-order valence-electron chi connectivity index (χ0n) is 10.7. The number of aliphatic hydroxyl groups excluding tert-OH is 1. The number of aromatic nitrogens is 2. The molecule has 2 aromatic rings. The highest BCUT2D eigenvalue weighted by molar-refractivity contribution is 7.09. The second kappa shape index (κ2) is 7.38. The molecule has 2 heterocycles. The number of amides is 1. The quantitative estimate of drug-likeness (QED) is 0.818. The second-order valence-corrected chi connectivity index (χ2v) is 4.77. The molecule has 0 saturated heterocycles. The summed E-state index contributed by atoms with van der Waals surface area (Å²) < 4.78 is 0. The molecular formula is C14H13N3O2S. The van der Waals surface area contributed by atoms with Crippen molar-refractivity contribution in [2.45, 2.75) is 6.42 Å². The van der Waals surface area contributed by atoms with Gasteiger partial charge in [-0.2, -0.15) is 0 Å². The number of nitrogens with one attached hydrogen (secondary N) is 1. The van der Waals surface area contributed by atoms with Crippen molar-refractivity contribution in [1.29, 1.82) is 0 Å². The normalized spacial score (nSPS) is 9.65. The van der Waals surface area contributed by atoms with Crippen molar-refractivity contribution in [3.8, 4) is 11.8 Å². The molecule has 2 rings (SSSR count). The number of aliphatic hydroxyl groups is 1. The molecule has 0 bridgehead atoms. The summed E-state index contributed by atoms with van der Waals surface area (Å²) in [6.45, 7) is 0.246. The molecule has 0 aliphatic carbocycles. The molecule has 1 amide bonds. The van der Waals surface area contributed by atoms with Crippen molar-refractivity contribution in [3.05, 3.63) is 46.2 Å². The SMILES string of the molecule is O=C(NCCc1nccs1)c1ncccc1C#CCO. The molecule has 2 aromatic heterocycles. The van der Waals surface area contributed by atoms with Crippen LogP contribution in [0, 0.1) is 11.8 Å². The second-order valence-electron chi connectivity index (χ2n) is 3.79. The first kappa shape index (κ1) is 14.2. The number of pyridine rings is 1. The zero-order valence-corrected chi connectivity index (χ0v) is 11.5. The van der Waals surface area contributed by atoms with Crippen molar-refractivity contribution >= 4 is 17.2 Å². The average Bonchev–Trinajstić information content (AvgIpc) is 2.98. The van der Waals surface area contributed by atoms with Gasteiger partial charge in [0.15, 0.2) is 0 Å². The topological polar surface area (TPSA) is 75.1 Å². The van der Waals surface area contributed by atoms with Crippen LogP contribution >= 0.6 is 11.3 Å². The maximum Gasteiger partial charge on any atom is 0.271 e. The van der Waals surface area contributed by atoms with Gasteiger partial charge in [0, 0.05) is 30.7 Å². The van der Waals surface area contributed by atoms with Crippen LogP contribution in [-0.4, -0.2) is 34.1 Å². The Kier molecular flexibility index (Phi) is 5.24. The number of hydrogen-bond acceptors (Lipinski definition) is 5. The van der Waals surface area contributed by atoms with E-state index in [0.717, 1.165) is 5.01 Å². The van der Waals surface area contributed by atoms with E-state index in [0.29, 0.717) is 18.5 Å². The van der Waals surface area contributed by atoms with Gasteiger partial charge in [0.2, 0.25) is 0 Å². The molecule has 0 unspecified atom stereocenters. The van der Waals surface area contributed by atoms with E-state index in [2.05, 4.69) is 27.1 Å². The highest BCUT2D eigenvalue weighted by atomic mass is 32.1. The summed E-state index contributed by atoms with van der Waals surface area (Å²) in [5.41, 5.74) is 0.779. The van der Waals surface area contributed by atoms with Gasteiger partial charge in [-0.15, -0.1) is 11.3 Å². The summed E-state index contributed by atoms with van der Waals surface area (Å²) >= 11 is 1.56. The fraction of sp³-hybridized carbons (Fsp3) is 0.214. The first-order chi connectivity index (χ1) is 9.81. The van der Waals surface area contributed by atoms with E-state index in [1.165, 1.54) is 0 Å². The lowest BCUT2D eigenvalue weighted by molar-refractivity contribution is 0.0949. The Morgan fingerprint density at radius 3 is 3.05 bits per heavy atom. The summed E-state index contributed by atoms with van der Waals surface area (Å²) in [7, 11) is 0. The summed E-state index contributed by atoms with van der Waals surface area (Å²) in [6.07, 6.45) is 3.97. The molecule has 0 aliphatic heterocycles. The van der Waals surface area contributed by atoms with Crippen LogP contribution in [-0.2, 0) is 6.42 Å².